The molecule has 4 heteroatoms. The number of aliphatic hydroxyl groups excluding tert-OH is 1. The molecule has 0 spiro atoms. The molecule has 0 aliphatic heterocycles. The topological polar surface area (TPSA) is 69.6 Å². The van der Waals surface area contributed by atoms with E-state index >= 15 is 0 Å². The molecule has 0 heterocycles. The Morgan fingerprint density at radius 3 is 2.41 bits per heavy atom. The van der Waals surface area contributed by atoms with E-state index in [1.165, 1.54) is 0 Å². The second-order valence-corrected chi connectivity index (χ2v) is 5.46. The Morgan fingerprint density at radius 2 is 2.00 bits per heavy atom. The summed E-state index contributed by atoms with van der Waals surface area (Å²) >= 11 is 0. The molecule has 0 aliphatic carbocycles. The van der Waals surface area contributed by atoms with Crippen LogP contribution in [-0.4, -0.2) is 35.4 Å². The molecule has 1 unspecified atom stereocenters. The maximum Gasteiger partial charge on any atom is 0.331 e. The highest BCUT2D eigenvalue weighted by atomic mass is 16.4. The molecule has 0 aliphatic rings. The van der Waals surface area contributed by atoms with Gasteiger partial charge in [-0.25, -0.2) is 4.79 Å². The van der Waals surface area contributed by atoms with Crippen molar-refractivity contribution in [2.24, 2.45) is 5.41 Å². The average Bonchev–Trinajstić information content (AvgIpc) is 2.14. The summed E-state index contributed by atoms with van der Waals surface area (Å²) in [6.45, 7) is 9.02. The Labute approximate surface area is 104 Å². The number of carboxylic acids is 1. The van der Waals surface area contributed by atoms with E-state index in [4.69, 9.17) is 5.11 Å². The first-order valence-electron chi connectivity index (χ1n) is 6.07. The molecular weight excluding hydrogens is 218 g/mol. The number of aliphatic hydroxyl groups is 1. The Balaban J connectivity index is 3.88. The minimum atomic E-state index is -0.871. The molecule has 0 rings (SSSR count). The van der Waals surface area contributed by atoms with E-state index < -0.39 is 12.1 Å². The fraction of sp³-hybridized carbons (Fsp3) is 0.769. The van der Waals surface area contributed by atoms with Crippen LogP contribution in [0, 0.1) is 5.41 Å². The molecule has 0 aromatic heterocycles. The van der Waals surface area contributed by atoms with Crippen LogP contribution >= 0.6 is 0 Å². The zero-order chi connectivity index (χ0) is 13.5. The molecule has 0 saturated carbocycles. The van der Waals surface area contributed by atoms with E-state index in [2.05, 4.69) is 26.1 Å². The molecule has 0 aromatic carbocycles. The van der Waals surface area contributed by atoms with Gasteiger partial charge in [0, 0.05) is 18.7 Å². The minimum Gasteiger partial charge on any atom is -0.478 e. The first-order valence-corrected chi connectivity index (χ1v) is 6.07. The van der Waals surface area contributed by atoms with Crippen LogP contribution in [0.2, 0.25) is 0 Å². The van der Waals surface area contributed by atoms with Crippen molar-refractivity contribution in [3.8, 4) is 0 Å². The standard InChI is InChI=1S/C13H25NO3/c1-5-10(12(16)17)6-7-14-9-11(15)8-13(2,3)4/h6,11,14-15H,5,7-9H2,1-4H3,(H,16,17). The summed E-state index contributed by atoms with van der Waals surface area (Å²) in [5, 5.41) is 21.5. The Bertz CT molecular complexity index is 266. The van der Waals surface area contributed by atoms with E-state index in [0.29, 0.717) is 25.1 Å². The van der Waals surface area contributed by atoms with Gasteiger partial charge in [-0.05, 0) is 18.3 Å². The first-order chi connectivity index (χ1) is 7.76. The molecule has 0 saturated heterocycles. The lowest BCUT2D eigenvalue weighted by molar-refractivity contribution is -0.132. The fourth-order valence-corrected chi connectivity index (χ4v) is 1.61. The molecule has 17 heavy (non-hydrogen) atoms. The van der Waals surface area contributed by atoms with Gasteiger partial charge in [0.15, 0.2) is 0 Å². The van der Waals surface area contributed by atoms with E-state index in [1.807, 2.05) is 6.92 Å². The largest absolute Gasteiger partial charge is 0.478 e. The van der Waals surface area contributed by atoms with Gasteiger partial charge in [0.05, 0.1) is 6.10 Å². The van der Waals surface area contributed by atoms with Gasteiger partial charge in [-0.15, -0.1) is 0 Å². The van der Waals surface area contributed by atoms with Crippen molar-refractivity contribution in [1.29, 1.82) is 0 Å². The fourth-order valence-electron chi connectivity index (χ4n) is 1.61. The van der Waals surface area contributed by atoms with Crippen molar-refractivity contribution in [2.75, 3.05) is 13.1 Å². The molecule has 0 radical (unpaired) electrons. The third-order valence-corrected chi connectivity index (χ3v) is 2.38. The Hall–Kier alpha value is -0.870. The van der Waals surface area contributed by atoms with Crippen molar-refractivity contribution in [3.05, 3.63) is 11.6 Å². The molecule has 0 amide bonds. The highest BCUT2D eigenvalue weighted by Crippen LogP contribution is 2.20. The van der Waals surface area contributed by atoms with Crippen LogP contribution in [0.1, 0.15) is 40.5 Å². The Kier molecular flexibility index (Phi) is 7.07. The van der Waals surface area contributed by atoms with Crippen molar-refractivity contribution < 1.29 is 15.0 Å². The summed E-state index contributed by atoms with van der Waals surface area (Å²) < 4.78 is 0. The smallest absolute Gasteiger partial charge is 0.331 e. The Morgan fingerprint density at radius 1 is 1.41 bits per heavy atom. The summed E-state index contributed by atoms with van der Waals surface area (Å²) in [5.74, 6) is -0.871. The van der Waals surface area contributed by atoms with Gasteiger partial charge in [0.1, 0.15) is 0 Å². The maximum absolute atomic E-state index is 10.7. The molecule has 0 bridgehead atoms. The van der Waals surface area contributed by atoms with Gasteiger partial charge in [-0.2, -0.15) is 0 Å². The quantitative estimate of drug-likeness (QED) is 0.471. The van der Waals surface area contributed by atoms with Gasteiger partial charge in [-0.3, -0.25) is 0 Å². The second kappa shape index (κ2) is 7.45. The monoisotopic (exact) mass is 243 g/mol. The first kappa shape index (κ1) is 16.1. The van der Waals surface area contributed by atoms with E-state index in [9.17, 15) is 9.90 Å². The predicted molar refractivity (Wildman–Crippen MR) is 69.0 cm³/mol. The van der Waals surface area contributed by atoms with Crippen molar-refractivity contribution in [3.63, 3.8) is 0 Å². The van der Waals surface area contributed by atoms with Crippen LogP contribution in [0.3, 0.4) is 0 Å². The molecule has 1 atom stereocenters. The lowest BCUT2D eigenvalue weighted by Gasteiger charge is -2.22. The molecule has 0 fully saturated rings. The number of nitrogens with one attached hydrogen (secondary N) is 1. The average molecular weight is 243 g/mol. The van der Waals surface area contributed by atoms with E-state index in [-0.39, 0.29) is 5.41 Å². The number of hydrogen-bond acceptors (Lipinski definition) is 3. The highest BCUT2D eigenvalue weighted by molar-refractivity contribution is 5.86. The number of carboxylic acid groups (broad SMARTS) is 1. The van der Waals surface area contributed by atoms with Crippen molar-refractivity contribution in [2.45, 2.75) is 46.6 Å². The zero-order valence-electron chi connectivity index (χ0n) is 11.3. The van der Waals surface area contributed by atoms with Gasteiger partial charge < -0.3 is 15.5 Å². The van der Waals surface area contributed by atoms with Crippen molar-refractivity contribution in [1.82, 2.24) is 5.32 Å². The van der Waals surface area contributed by atoms with E-state index in [0.717, 1.165) is 6.42 Å². The number of carbonyl (C=O) groups is 1. The summed E-state index contributed by atoms with van der Waals surface area (Å²) in [6, 6.07) is 0. The van der Waals surface area contributed by atoms with E-state index in [1.54, 1.807) is 6.08 Å². The molecule has 3 N–H and O–H groups in total. The van der Waals surface area contributed by atoms with Crippen LogP contribution in [0.15, 0.2) is 11.6 Å². The molecule has 0 aromatic rings. The number of rotatable bonds is 7. The summed E-state index contributed by atoms with van der Waals surface area (Å²) in [6.07, 6.45) is 2.51. The van der Waals surface area contributed by atoms with Gasteiger partial charge >= 0.3 is 5.97 Å². The lowest BCUT2D eigenvalue weighted by atomic mass is 9.89. The zero-order valence-corrected chi connectivity index (χ0v) is 11.3. The minimum absolute atomic E-state index is 0.104. The second-order valence-electron chi connectivity index (χ2n) is 5.46. The predicted octanol–water partition coefficient (Wildman–Crippen LogP) is 1.79. The van der Waals surface area contributed by atoms with Crippen LogP contribution < -0.4 is 5.32 Å². The summed E-state index contributed by atoms with van der Waals surface area (Å²) in [5.41, 5.74) is 0.509. The summed E-state index contributed by atoms with van der Waals surface area (Å²) in [7, 11) is 0. The van der Waals surface area contributed by atoms with Crippen LogP contribution in [0.25, 0.3) is 0 Å². The van der Waals surface area contributed by atoms with Crippen LogP contribution in [-0.2, 0) is 4.79 Å². The normalized spacial score (nSPS) is 14.8. The highest BCUT2D eigenvalue weighted by Gasteiger charge is 2.15. The molecular formula is C13H25NO3. The van der Waals surface area contributed by atoms with Gasteiger partial charge in [0.25, 0.3) is 0 Å². The maximum atomic E-state index is 10.7. The van der Waals surface area contributed by atoms with Crippen LogP contribution in [0.4, 0.5) is 0 Å². The number of hydrogen-bond donors (Lipinski definition) is 3. The van der Waals surface area contributed by atoms with Gasteiger partial charge in [0.2, 0.25) is 0 Å². The number of aliphatic carboxylic acids is 1. The lowest BCUT2D eigenvalue weighted by Crippen LogP contribution is -2.30. The molecule has 4 nitrogen and oxygen atoms in total. The SMILES string of the molecule is CCC(=CCNCC(O)CC(C)(C)C)C(=O)O. The third kappa shape index (κ3) is 8.89. The summed E-state index contributed by atoms with van der Waals surface area (Å²) in [4.78, 5) is 10.7. The third-order valence-electron chi connectivity index (χ3n) is 2.38. The molecule has 100 valence electrons. The van der Waals surface area contributed by atoms with Crippen LogP contribution in [0.5, 0.6) is 0 Å². The van der Waals surface area contributed by atoms with Crippen molar-refractivity contribution >= 4 is 5.97 Å². The van der Waals surface area contributed by atoms with Gasteiger partial charge in [-0.1, -0.05) is 33.8 Å².